The van der Waals surface area contributed by atoms with Crippen molar-refractivity contribution in [3.63, 3.8) is 0 Å². The SMILES string of the molecule is CNS(=O)(=O)N1CCN(I)C(c2ccccc2C(C)C)C1. The van der Waals surface area contributed by atoms with Crippen LogP contribution in [0.2, 0.25) is 0 Å². The second kappa shape index (κ2) is 6.91. The number of nitrogens with one attached hydrogen (secondary N) is 1. The standard InChI is InChI=1S/C14H22IN3O2S/c1-11(2)12-6-4-5-7-13(12)14-10-17(8-9-18(14)15)21(19,20)16-3/h4-7,11,14,16H,8-10H2,1-3H3. The summed E-state index contributed by atoms with van der Waals surface area (Å²) >= 11 is 2.30. The van der Waals surface area contributed by atoms with Crippen LogP contribution >= 0.6 is 22.9 Å². The van der Waals surface area contributed by atoms with E-state index in [0.29, 0.717) is 19.0 Å². The molecular weight excluding hydrogens is 401 g/mol. The molecule has 0 saturated carbocycles. The van der Waals surface area contributed by atoms with Crippen LogP contribution in [0.15, 0.2) is 24.3 Å². The Kier molecular flexibility index (Phi) is 5.64. The Hall–Kier alpha value is -0.220. The summed E-state index contributed by atoms with van der Waals surface area (Å²) in [4.78, 5) is 0. The minimum Gasteiger partial charge on any atom is -0.237 e. The minimum atomic E-state index is -3.37. The third-order valence-electron chi connectivity index (χ3n) is 3.85. The van der Waals surface area contributed by atoms with Gasteiger partial charge in [0.25, 0.3) is 10.2 Å². The fraction of sp³-hybridized carbons (Fsp3) is 0.571. The number of nitrogens with zero attached hydrogens (tertiary/aromatic N) is 2. The van der Waals surface area contributed by atoms with E-state index in [-0.39, 0.29) is 6.04 Å². The first kappa shape index (κ1) is 17.1. The molecule has 1 heterocycles. The van der Waals surface area contributed by atoms with Crippen molar-refractivity contribution in [1.82, 2.24) is 12.1 Å². The van der Waals surface area contributed by atoms with Gasteiger partial charge >= 0.3 is 0 Å². The molecule has 1 aromatic carbocycles. The molecule has 1 aliphatic heterocycles. The zero-order valence-corrected chi connectivity index (χ0v) is 15.6. The lowest BCUT2D eigenvalue weighted by molar-refractivity contribution is 0.231. The van der Waals surface area contributed by atoms with Crippen molar-refractivity contribution in [2.75, 3.05) is 26.7 Å². The predicted molar refractivity (Wildman–Crippen MR) is 93.6 cm³/mol. The van der Waals surface area contributed by atoms with Gasteiger partial charge in [-0.25, -0.2) is 7.84 Å². The van der Waals surface area contributed by atoms with Crippen LogP contribution in [0.4, 0.5) is 0 Å². The number of benzene rings is 1. The molecule has 1 aromatic rings. The highest BCUT2D eigenvalue weighted by molar-refractivity contribution is 14.1. The maximum atomic E-state index is 12.1. The average Bonchev–Trinajstić information content (AvgIpc) is 2.47. The zero-order valence-electron chi connectivity index (χ0n) is 12.6. The smallest absolute Gasteiger partial charge is 0.237 e. The molecule has 21 heavy (non-hydrogen) atoms. The monoisotopic (exact) mass is 423 g/mol. The summed E-state index contributed by atoms with van der Waals surface area (Å²) in [6.45, 7) is 6.06. The highest BCUT2D eigenvalue weighted by atomic mass is 127. The Morgan fingerprint density at radius 2 is 1.95 bits per heavy atom. The number of hydrogen-bond acceptors (Lipinski definition) is 3. The molecule has 1 saturated heterocycles. The van der Waals surface area contributed by atoms with Crippen LogP contribution in [0.1, 0.15) is 36.9 Å². The molecule has 0 amide bonds. The molecule has 0 radical (unpaired) electrons. The summed E-state index contributed by atoms with van der Waals surface area (Å²) in [7, 11) is -1.90. The minimum absolute atomic E-state index is 0.0843. The Bertz CT molecular complexity index is 592. The van der Waals surface area contributed by atoms with E-state index in [2.05, 4.69) is 56.7 Å². The van der Waals surface area contributed by atoms with Crippen LogP contribution in [0.5, 0.6) is 0 Å². The lowest BCUT2D eigenvalue weighted by Crippen LogP contribution is -2.50. The maximum Gasteiger partial charge on any atom is 0.279 e. The molecule has 0 bridgehead atoms. The Balaban J connectivity index is 2.34. The van der Waals surface area contributed by atoms with Crippen LogP contribution in [-0.4, -0.2) is 42.5 Å². The highest BCUT2D eigenvalue weighted by Crippen LogP contribution is 2.33. The van der Waals surface area contributed by atoms with Crippen molar-refractivity contribution in [3.05, 3.63) is 35.4 Å². The van der Waals surface area contributed by atoms with Gasteiger partial charge in [0.1, 0.15) is 0 Å². The molecule has 0 aromatic heterocycles. The topological polar surface area (TPSA) is 52.7 Å². The molecule has 118 valence electrons. The van der Waals surface area contributed by atoms with Crippen molar-refractivity contribution < 1.29 is 8.42 Å². The first-order valence-corrected chi connectivity index (χ1v) is 9.47. The number of halogens is 1. The molecule has 0 aliphatic carbocycles. The van der Waals surface area contributed by atoms with E-state index in [1.165, 1.54) is 22.5 Å². The quantitative estimate of drug-likeness (QED) is 0.598. The van der Waals surface area contributed by atoms with Gasteiger partial charge < -0.3 is 0 Å². The van der Waals surface area contributed by atoms with Crippen LogP contribution in [-0.2, 0) is 10.2 Å². The van der Waals surface area contributed by atoms with Crippen LogP contribution in [0.25, 0.3) is 0 Å². The van der Waals surface area contributed by atoms with Gasteiger partial charge in [0.15, 0.2) is 0 Å². The van der Waals surface area contributed by atoms with Gasteiger partial charge in [-0.1, -0.05) is 38.1 Å². The Labute approximate surface area is 141 Å². The normalized spacial score (nSPS) is 21.9. The Morgan fingerprint density at radius 3 is 2.57 bits per heavy atom. The van der Waals surface area contributed by atoms with Crippen LogP contribution in [0, 0.1) is 0 Å². The van der Waals surface area contributed by atoms with Crippen molar-refractivity contribution >= 4 is 33.1 Å². The number of hydrogen-bond donors (Lipinski definition) is 1. The van der Waals surface area contributed by atoms with Crippen molar-refractivity contribution in [3.8, 4) is 0 Å². The fourth-order valence-corrected chi connectivity index (χ4v) is 4.28. The molecule has 5 nitrogen and oxygen atoms in total. The molecule has 1 N–H and O–H groups in total. The summed E-state index contributed by atoms with van der Waals surface area (Å²) < 4.78 is 30.3. The largest absolute Gasteiger partial charge is 0.279 e. The first-order chi connectivity index (χ1) is 9.86. The van der Waals surface area contributed by atoms with Crippen molar-refractivity contribution in [1.29, 1.82) is 0 Å². The molecule has 1 aliphatic rings. The number of piperazine rings is 1. The molecule has 1 fully saturated rings. The summed E-state index contributed by atoms with van der Waals surface area (Å²) in [6, 6.07) is 8.40. The fourth-order valence-electron chi connectivity index (χ4n) is 2.67. The van der Waals surface area contributed by atoms with E-state index in [4.69, 9.17) is 0 Å². The van der Waals surface area contributed by atoms with Gasteiger partial charge in [-0.15, -0.1) is 0 Å². The van der Waals surface area contributed by atoms with Gasteiger partial charge in [-0.05, 0) is 17.0 Å². The highest BCUT2D eigenvalue weighted by Gasteiger charge is 2.33. The average molecular weight is 423 g/mol. The molecule has 2 rings (SSSR count). The van der Waals surface area contributed by atoms with E-state index < -0.39 is 10.2 Å². The van der Waals surface area contributed by atoms with E-state index in [1.807, 2.05) is 12.1 Å². The zero-order chi connectivity index (χ0) is 15.6. The van der Waals surface area contributed by atoms with Gasteiger partial charge in [0.05, 0.1) is 6.04 Å². The molecule has 1 unspecified atom stereocenters. The predicted octanol–water partition coefficient (Wildman–Crippen LogP) is 2.28. The molecule has 0 spiro atoms. The Morgan fingerprint density at radius 1 is 1.29 bits per heavy atom. The summed E-state index contributed by atoms with van der Waals surface area (Å²) in [5.74, 6) is 0.419. The summed E-state index contributed by atoms with van der Waals surface area (Å²) in [5.41, 5.74) is 2.51. The van der Waals surface area contributed by atoms with Gasteiger partial charge in [0.2, 0.25) is 0 Å². The van der Waals surface area contributed by atoms with E-state index >= 15 is 0 Å². The molecule has 1 atom stereocenters. The first-order valence-electron chi connectivity index (χ1n) is 7.06. The van der Waals surface area contributed by atoms with Crippen LogP contribution < -0.4 is 4.72 Å². The second-order valence-electron chi connectivity index (χ2n) is 5.49. The van der Waals surface area contributed by atoms with Gasteiger partial charge in [-0.2, -0.15) is 12.7 Å². The molecular formula is C14H22IN3O2S. The summed E-state index contributed by atoms with van der Waals surface area (Å²) in [5, 5.41) is 0. The molecule has 7 heteroatoms. The van der Waals surface area contributed by atoms with E-state index in [9.17, 15) is 8.42 Å². The van der Waals surface area contributed by atoms with E-state index in [0.717, 1.165) is 6.54 Å². The van der Waals surface area contributed by atoms with Gasteiger partial charge in [-0.3, -0.25) is 0 Å². The third kappa shape index (κ3) is 3.76. The lowest BCUT2D eigenvalue weighted by Gasteiger charge is -2.38. The number of rotatable bonds is 4. The third-order valence-corrected chi connectivity index (χ3v) is 6.53. The van der Waals surface area contributed by atoms with Gasteiger partial charge in [0, 0.05) is 49.5 Å². The maximum absolute atomic E-state index is 12.1. The van der Waals surface area contributed by atoms with Crippen molar-refractivity contribution in [2.45, 2.75) is 25.8 Å². The van der Waals surface area contributed by atoms with E-state index in [1.54, 1.807) is 0 Å². The summed E-state index contributed by atoms with van der Waals surface area (Å²) in [6.07, 6.45) is 0. The lowest BCUT2D eigenvalue weighted by atomic mass is 9.92. The van der Waals surface area contributed by atoms with Crippen LogP contribution in [0.3, 0.4) is 0 Å². The second-order valence-corrected chi connectivity index (χ2v) is 8.60. The van der Waals surface area contributed by atoms with Crippen molar-refractivity contribution in [2.24, 2.45) is 0 Å².